The van der Waals surface area contributed by atoms with Crippen LogP contribution in [0.3, 0.4) is 0 Å². The first-order valence-electron chi connectivity index (χ1n) is 21.2. The van der Waals surface area contributed by atoms with Gasteiger partial charge in [-0.25, -0.2) is 0 Å². The smallest absolute Gasteiger partial charge is 0.474 e. The Labute approximate surface area is 349 Å². The van der Waals surface area contributed by atoms with Gasteiger partial charge < -0.3 is 32.3 Å². The molecule has 2 saturated carbocycles. The van der Waals surface area contributed by atoms with E-state index in [9.17, 15) is 26.4 Å². The van der Waals surface area contributed by atoms with Crippen LogP contribution in [-0.2, 0) is 37.7 Å². The summed E-state index contributed by atoms with van der Waals surface area (Å²) in [5.74, 6) is -0.0632. The molecule has 7 rings (SSSR count). The minimum Gasteiger partial charge on any atom is -0.474 e. The van der Waals surface area contributed by atoms with Crippen LogP contribution in [0.15, 0.2) is 47.7 Å². The van der Waals surface area contributed by atoms with Gasteiger partial charge in [0.05, 0.1) is 30.3 Å². The highest BCUT2D eigenvalue weighted by atomic mass is 32.2. The zero-order chi connectivity index (χ0) is 43.2. The van der Waals surface area contributed by atoms with Gasteiger partial charge in [-0.2, -0.15) is 21.6 Å². The van der Waals surface area contributed by atoms with Gasteiger partial charge in [-0.1, -0.05) is 80.5 Å². The maximum Gasteiger partial charge on any atom is 0.534 e. The summed E-state index contributed by atoms with van der Waals surface area (Å²) in [6, 6.07) is 7.34. The third-order valence-corrected chi connectivity index (χ3v) is 23.1. The van der Waals surface area contributed by atoms with E-state index in [0.717, 1.165) is 5.57 Å². The molecule has 10 nitrogen and oxygen atoms in total. The highest BCUT2D eigenvalue weighted by Gasteiger charge is 2.77. The minimum absolute atomic E-state index is 0.0397. The van der Waals surface area contributed by atoms with Crippen LogP contribution in [0.5, 0.6) is 5.75 Å². The molecule has 1 aromatic carbocycles. The van der Waals surface area contributed by atoms with Crippen LogP contribution < -0.4 is 4.74 Å². The molecular formula is C44H63F3O10SSi. The van der Waals surface area contributed by atoms with E-state index in [-0.39, 0.29) is 72.7 Å². The zero-order valence-corrected chi connectivity index (χ0v) is 38.0. The number of allylic oxidation sites excluding steroid dienone is 2. The average Bonchev–Trinajstić information content (AvgIpc) is 3.77. The summed E-state index contributed by atoms with van der Waals surface area (Å²) in [6.45, 7) is 19.8. The van der Waals surface area contributed by atoms with Crippen LogP contribution in [-0.4, -0.2) is 79.7 Å². The number of halogens is 3. The van der Waals surface area contributed by atoms with Crippen molar-refractivity contribution in [3.05, 3.63) is 53.3 Å². The van der Waals surface area contributed by atoms with Crippen LogP contribution in [0.4, 0.5) is 13.2 Å². The highest BCUT2D eigenvalue weighted by Crippen LogP contribution is 2.77. The fraction of sp³-hybridized carbons (Fsp3) is 0.750. The van der Waals surface area contributed by atoms with Crippen molar-refractivity contribution in [2.45, 2.75) is 141 Å². The molecule has 0 unspecified atom stereocenters. The quantitative estimate of drug-likeness (QED) is 0.0589. The lowest BCUT2D eigenvalue weighted by Crippen LogP contribution is -2.72. The Morgan fingerprint density at radius 2 is 1.59 bits per heavy atom. The van der Waals surface area contributed by atoms with Crippen molar-refractivity contribution < 1.29 is 58.7 Å². The Kier molecular flexibility index (Phi) is 11.5. The van der Waals surface area contributed by atoms with E-state index in [2.05, 4.69) is 61.5 Å². The summed E-state index contributed by atoms with van der Waals surface area (Å²) < 4.78 is 113. The van der Waals surface area contributed by atoms with Crippen molar-refractivity contribution in [3.8, 4) is 5.75 Å². The first kappa shape index (κ1) is 44.8. The fourth-order valence-corrected chi connectivity index (χ4v) is 19.7. The molecule has 59 heavy (non-hydrogen) atoms. The number of carbonyl (C=O) groups is 1. The summed E-state index contributed by atoms with van der Waals surface area (Å²) in [7, 11) is -7.32. The van der Waals surface area contributed by atoms with Gasteiger partial charge in [-0.15, -0.1) is 0 Å². The fourth-order valence-electron chi connectivity index (χ4n) is 13.6. The van der Waals surface area contributed by atoms with E-state index in [1.165, 1.54) is 7.11 Å². The van der Waals surface area contributed by atoms with Crippen molar-refractivity contribution in [2.75, 3.05) is 33.7 Å². The van der Waals surface area contributed by atoms with Crippen molar-refractivity contribution in [1.29, 1.82) is 0 Å². The number of fused-ring (bicyclic) bond motifs is 7. The number of para-hydroxylation sites is 1. The zero-order valence-electron chi connectivity index (χ0n) is 36.2. The Bertz CT molecular complexity index is 1940. The van der Waals surface area contributed by atoms with Crippen LogP contribution in [0.2, 0.25) is 16.6 Å². The Morgan fingerprint density at radius 1 is 0.949 bits per heavy atom. The molecule has 3 fully saturated rings. The first-order valence-corrected chi connectivity index (χ1v) is 24.8. The number of alkyl halides is 3. The summed E-state index contributed by atoms with van der Waals surface area (Å²) in [4.78, 5) is 14.1. The molecule has 15 heteroatoms. The maximum absolute atomic E-state index is 14.4. The molecule has 0 aromatic heterocycles. The molecule has 0 amide bonds. The van der Waals surface area contributed by atoms with Crippen LogP contribution in [0.25, 0.3) is 0 Å². The summed E-state index contributed by atoms with van der Waals surface area (Å²) in [5.41, 5.74) is -8.37. The van der Waals surface area contributed by atoms with E-state index in [1.807, 2.05) is 31.2 Å². The Hall–Kier alpha value is -2.27. The van der Waals surface area contributed by atoms with E-state index in [1.54, 1.807) is 6.08 Å². The molecule has 0 bridgehead atoms. The van der Waals surface area contributed by atoms with Gasteiger partial charge in [0.25, 0.3) is 0 Å². The molecule has 0 N–H and O–H groups in total. The van der Waals surface area contributed by atoms with Gasteiger partial charge in [0.2, 0.25) is 5.78 Å². The molecule has 330 valence electrons. The topological polar surface area (TPSA) is 116 Å². The van der Waals surface area contributed by atoms with Crippen molar-refractivity contribution in [3.63, 3.8) is 0 Å². The molecule has 1 aromatic rings. The molecular weight excluding hydrogens is 806 g/mol. The number of ether oxygens (including phenoxy) is 5. The van der Waals surface area contributed by atoms with Crippen molar-refractivity contribution in [2.24, 2.45) is 33.5 Å². The number of rotatable bonds is 14. The maximum atomic E-state index is 14.4. The number of carbonyl (C=O) groups excluding carboxylic acids is 1. The second kappa shape index (κ2) is 15.2. The van der Waals surface area contributed by atoms with Crippen LogP contribution in [0.1, 0.15) is 111 Å². The number of hydrogen-bond acceptors (Lipinski definition) is 10. The predicted octanol–water partition coefficient (Wildman–Crippen LogP) is 9.86. The lowest BCUT2D eigenvalue weighted by atomic mass is 9.33. The van der Waals surface area contributed by atoms with Gasteiger partial charge in [0.1, 0.15) is 18.3 Å². The van der Waals surface area contributed by atoms with Crippen molar-refractivity contribution >= 4 is 24.2 Å². The summed E-state index contributed by atoms with van der Waals surface area (Å²) >= 11 is 0. The number of benzene rings is 1. The summed E-state index contributed by atoms with van der Waals surface area (Å²) in [5, 5.41) is 0. The van der Waals surface area contributed by atoms with Gasteiger partial charge in [0.15, 0.2) is 20.2 Å². The normalized spacial score (nSPS) is 35.9. The predicted molar refractivity (Wildman–Crippen MR) is 217 cm³/mol. The molecule has 4 aliphatic carbocycles. The van der Waals surface area contributed by atoms with Gasteiger partial charge in [-0.3, -0.25) is 4.79 Å². The van der Waals surface area contributed by atoms with Gasteiger partial charge >= 0.3 is 15.6 Å². The Balaban J connectivity index is 1.41. The van der Waals surface area contributed by atoms with Gasteiger partial charge in [-0.05, 0) is 89.8 Å². The second-order valence-corrected chi connectivity index (χ2v) is 26.5. The largest absolute Gasteiger partial charge is 0.534 e. The van der Waals surface area contributed by atoms with E-state index >= 15 is 0 Å². The highest BCUT2D eigenvalue weighted by molar-refractivity contribution is 7.87. The van der Waals surface area contributed by atoms with Crippen LogP contribution in [0, 0.1) is 33.5 Å². The molecule has 6 aliphatic rings. The summed E-state index contributed by atoms with van der Waals surface area (Å²) in [6.07, 6.45) is 4.54. The van der Waals surface area contributed by atoms with Crippen LogP contribution >= 0.6 is 0 Å². The third-order valence-electron chi connectivity index (χ3n) is 16.1. The third kappa shape index (κ3) is 6.47. The minimum atomic E-state index is -6.10. The number of Topliss-reactive ketones (excluding diaryl/α,β-unsaturated/α-hetero) is 1. The molecule has 8 atom stereocenters. The molecule has 1 saturated heterocycles. The molecule has 0 radical (unpaired) electrons. The monoisotopic (exact) mass is 868 g/mol. The number of hydrogen-bond donors (Lipinski definition) is 0. The van der Waals surface area contributed by atoms with E-state index < -0.39 is 63.6 Å². The molecule has 1 spiro atoms. The number of ketones is 1. The second-order valence-electron chi connectivity index (χ2n) is 19.5. The lowest BCUT2D eigenvalue weighted by Gasteiger charge is -2.72. The van der Waals surface area contributed by atoms with Gasteiger partial charge in [0, 0.05) is 31.0 Å². The van der Waals surface area contributed by atoms with E-state index in [0.29, 0.717) is 43.8 Å². The SMILES string of the molecule is COCO[C@H]1C[C@@H]2[C@](C)(CC=C3[C@@]4(C[C@@]32C)Oc2ccccc2C4=O)[C@H]2CC=C(OS(=O)(=O)C(F)(F)F)[C@](CCC3OCCO3)(CO[Si](C(C)C)(C(C)C)C(C)C)[C@]12C. The Morgan fingerprint density at radius 3 is 2.19 bits per heavy atom. The van der Waals surface area contributed by atoms with Crippen molar-refractivity contribution in [1.82, 2.24) is 0 Å². The lowest BCUT2D eigenvalue weighted by molar-refractivity contribution is -0.262. The average molecular weight is 869 g/mol. The van der Waals surface area contributed by atoms with E-state index in [4.69, 9.17) is 32.3 Å². The molecule has 2 aliphatic heterocycles. The standard InChI is InChI=1S/C44H63F3O10SSi/c1-27(2)59(28(3)4,29(5)6)55-25-42(20-18-37-52-21-22-53-37)35(57-58(49,50)44(45,46)47)16-15-32-39(7)19-17-33-40(8,34(39)23-36(41(32,42)9)54-26-51-10)24-43(33)38(48)30-13-11-12-14-31(30)56-43/h11-14,16-17,27-29,32,34,36-37H,15,18-26H2,1-10H3/t32-,34-,36+,39-,40+,41+,42+,43-/m1/s1. The first-order chi connectivity index (χ1) is 27.5. The number of methoxy groups -OCH3 is 1. The molecule has 2 heterocycles.